The van der Waals surface area contributed by atoms with Crippen LogP contribution in [-0.2, 0) is 12.8 Å². The second kappa shape index (κ2) is 17.9. The lowest BCUT2D eigenvalue weighted by Crippen LogP contribution is -2.65. The lowest BCUT2D eigenvalue weighted by Gasteiger charge is -2.48. The summed E-state index contributed by atoms with van der Waals surface area (Å²) >= 11 is 0. The molecule has 17 rings (SSSR count). The van der Waals surface area contributed by atoms with Crippen LogP contribution in [0.4, 0.5) is 73.9 Å². The maximum absolute atomic E-state index is 7.58. The maximum atomic E-state index is 7.58. The van der Waals surface area contributed by atoms with E-state index in [2.05, 4.69) is 273 Å². The average Bonchev–Trinajstić information content (AvgIpc) is 3.17. The van der Waals surface area contributed by atoms with E-state index in [0.29, 0.717) is 0 Å². The van der Waals surface area contributed by atoms with Crippen molar-refractivity contribution in [2.24, 2.45) is 0 Å². The molecule has 0 atom stereocenters. The number of nitrogens with zero attached hydrogens (tertiary/aromatic N) is 5. The summed E-state index contributed by atoms with van der Waals surface area (Å²) in [5.74, 6) is 2.01. The summed E-state index contributed by atoms with van der Waals surface area (Å²) in [5.41, 5.74) is 28.1. The lowest BCUT2D eigenvalue weighted by atomic mass is 9.30. The molecule has 6 aliphatic heterocycles. The standard InChI is InChI=1S/C72H53B2N5O/c1-7-23-48(24-8-1)49-39-40-59-67(43-49)80-72-57-36-22-42-75-41-21-35-56(70(57)75)71-69(72)74(59)61-46-60-63(47-64(61)79(71)54-33-17-6-18-34-54)78(53-31-15-5-16-32-53)66-45-55(76(50-25-9-2-10-26-50)51-27-11-3-12-28-51)44-65-68(66)73(60)58-37-19-20-38-62(58)77(65)52-29-13-4-14-30-52/h1-20,23-34,37-40,43-47H,21-22,35-36,41-42H2. The zero-order chi connectivity index (χ0) is 52.4. The van der Waals surface area contributed by atoms with Crippen LogP contribution in [0.3, 0.4) is 0 Å². The molecule has 0 fully saturated rings. The minimum Gasteiger partial charge on any atom is -0.458 e. The molecule has 80 heavy (non-hydrogen) atoms. The topological polar surface area (TPSA) is 25.4 Å². The van der Waals surface area contributed by atoms with Crippen molar-refractivity contribution in [3.8, 4) is 22.6 Å². The first-order valence-corrected chi connectivity index (χ1v) is 28.5. The summed E-state index contributed by atoms with van der Waals surface area (Å²) in [6, 6.07) is 92.1. The van der Waals surface area contributed by atoms with Gasteiger partial charge >= 0.3 is 0 Å². The van der Waals surface area contributed by atoms with Crippen molar-refractivity contribution in [1.29, 1.82) is 0 Å². The maximum Gasteiger partial charge on any atom is 0.256 e. The number of ether oxygens (including phenoxy) is 1. The number of fused-ring (bicyclic) bond motifs is 10. The SMILES string of the molecule is c1ccc(-c2ccc3c(c2)Oc2c4c5c(c6c2B3c2cc3c(cc2N6c2ccccc2)N(c2ccccc2)c2cc(N(c6ccccc6)c6ccccc6)cc6c2B3c2ccccc2N6c2ccccc2)CCCN5CCC4)cc1. The molecule has 0 bridgehead atoms. The van der Waals surface area contributed by atoms with E-state index in [1.165, 1.54) is 77.9 Å². The molecule has 0 aromatic heterocycles. The number of para-hydroxylation sites is 6. The quantitative estimate of drug-likeness (QED) is 0.148. The van der Waals surface area contributed by atoms with Crippen molar-refractivity contribution >= 4 is 120 Å². The van der Waals surface area contributed by atoms with Gasteiger partial charge in [0.05, 0.1) is 11.4 Å². The van der Waals surface area contributed by atoms with Crippen LogP contribution in [0.15, 0.2) is 249 Å². The van der Waals surface area contributed by atoms with Crippen LogP contribution in [0.1, 0.15) is 24.0 Å². The van der Waals surface area contributed by atoms with E-state index < -0.39 is 0 Å². The normalized spacial score (nSPS) is 14.7. The Kier molecular flexibility index (Phi) is 10.2. The first kappa shape index (κ1) is 45.4. The zero-order valence-electron chi connectivity index (χ0n) is 44.2. The molecule has 0 radical (unpaired) electrons. The molecule has 0 unspecified atom stereocenters. The van der Waals surface area contributed by atoms with Gasteiger partial charge in [0.1, 0.15) is 11.5 Å². The lowest BCUT2D eigenvalue weighted by molar-refractivity contribution is 0.475. The van der Waals surface area contributed by atoms with E-state index in [4.69, 9.17) is 4.74 Å². The van der Waals surface area contributed by atoms with Crippen molar-refractivity contribution in [2.75, 3.05) is 37.6 Å². The fourth-order valence-electron chi connectivity index (χ4n) is 14.6. The minimum atomic E-state index is -0.114. The van der Waals surface area contributed by atoms with E-state index in [1.54, 1.807) is 0 Å². The van der Waals surface area contributed by atoms with Gasteiger partial charge in [-0.3, -0.25) is 0 Å². The summed E-state index contributed by atoms with van der Waals surface area (Å²) in [5, 5.41) is 0. The summed E-state index contributed by atoms with van der Waals surface area (Å²) in [6.45, 7) is 1.93. The Morgan fingerprint density at radius 1 is 0.350 bits per heavy atom. The van der Waals surface area contributed by atoms with E-state index in [0.717, 1.165) is 101 Å². The first-order chi connectivity index (χ1) is 39.7. The van der Waals surface area contributed by atoms with Gasteiger partial charge in [-0.05, 0) is 166 Å². The predicted molar refractivity (Wildman–Crippen MR) is 335 cm³/mol. The van der Waals surface area contributed by atoms with E-state index in [9.17, 15) is 0 Å². The molecule has 0 saturated heterocycles. The molecule has 0 spiro atoms. The molecular formula is C72H53B2N5O. The molecule has 11 aromatic carbocycles. The van der Waals surface area contributed by atoms with E-state index >= 15 is 0 Å². The monoisotopic (exact) mass is 1030 g/mol. The van der Waals surface area contributed by atoms with Crippen LogP contribution in [0.25, 0.3) is 11.1 Å². The third-order valence-electron chi connectivity index (χ3n) is 17.8. The fourth-order valence-corrected chi connectivity index (χ4v) is 14.6. The molecule has 11 aromatic rings. The van der Waals surface area contributed by atoms with Crippen LogP contribution in [-0.4, -0.2) is 26.5 Å². The van der Waals surface area contributed by atoms with Crippen LogP contribution in [0, 0.1) is 0 Å². The van der Waals surface area contributed by atoms with Gasteiger partial charge < -0.3 is 29.2 Å². The highest BCUT2D eigenvalue weighted by molar-refractivity contribution is 7.02. The van der Waals surface area contributed by atoms with Gasteiger partial charge in [-0.2, -0.15) is 0 Å². The molecule has 6 nitrogen and oxygen atoms in total. The Morgan fingerprint density at radius 3 is 1.49 bits per heavy atom. The van der Waals surface area contributed by atoms with Crippen molar-refractivity contribution in [3.63, 3.8) is 0 Å². The summed E-state index contributed by atoms with van der Waals surface area (Å²) < 4.78 is 7.58. The summed E-state index contributed by atoms with van der Waals surface area (Å²) in [4.78, 5) is 12.9. The van der Waals surface area contributed by atoms with Crippen LogP contribution < -0.4 is 62.0 Å². The predicted octanol–water partition coefficient (Wildman–Crippen LogP) is 14.0. The molecule has 378 valence electrons. The van der Waals surface area contributed by atoms with Gasteiger partial charge in [0.15, 0.2) is 0 Å². The van der Waals surface area contributed by atoms with Crippen molar-refractivity contribution in [3.05, 3.63) is 260 Å². The van der Waals surface area contributed by atoms with Gasteiger partial charge in [-0.25, -0.2) is 0 Å². The smallest absolute Gasteiger partial charge is 0.256 e. The first-order valence-electron chi connectivity index (χ1n) is 28.5. The number of hydrogen-bond acceptors (Lipinski definition) is 6. The average molecular weight is 1030 g/mol. The second-order valence-electron chi connectivity index (χ2n) is 22.1. The highest BCUT2D eigenvalue weighted by Gasteiger charge is 2.50. The van der Waals surface area contributed by atoms with Gasteiger partial charge in [0.2, 0.25) is 0 Å². The summed E-state index contributed by atoms with van der Waals surface area (Å²) in [7, 11) is 0. The number of anilines is 13. The Hall–Kier alpha value is -9.65. The van der Waals surface area contributed by atoms with E-state index in [1.807, 2.05) is 0 Å². The van der Waals surface area contributed by atoms with E-state index in [-0.39, 0.29) is 13.4 Å². The second-order valence-corrected chi connectivity index (χ2v) is 22.1. The Balaban J connectivity index is 0.997. The van der Waals surface area contributed by atoms with Crippen LogP contribution >= 0.6 is 0 Å². The van der Waals surface area contributed by atoms with Crippen molar-refractivity contribution in [2.45, 2.75) is 25.7 Å². The molecular weight excluding hydrogens is 972 g/mol. The van der Waals surface area contributed by atoms with Gasteiger partial charge in [0, 0.05) is 81.2 Å². The van der Waals surface area contributed by atoms with Gasteiger partial charge in [-0.15, -0.1) is 0 Å². The molecule has 6 heterocycles. The third-order valence-corrected chi connectivity index (χ3v) is 17.8. The number of benzene rings is 11. The fraction of sp³-hybridized carbons (Fsp3) is 0.0833. The Morgan fingerprint density at radius 2 is 0.863 bits per heavy atom. The van der Waals surface area contributed by atoms with Crippen molar-refractivity contribution < 1.29 is 4.74 Å². The van der Waals surface area contributed by atoms with Crippen LogP contribution in [0.2, 0.25) is 0 Å². The molecule has 8 heteroatoms. The third kappa shape index (κ3) is 6.75. The zero-order valence-corrected chi connectivity index (χ0v) is 44.2. The minimum absolute atomic E-state index is 0.0916. The molecule has 0 N–H and O–H groups in total. The largest absolute Gasteiger partial charge is 0.458 e. The van der Waals surface area contributed by atoms with Gasteiger partial charge in [-0.1, -0.05) is 158 Å². The Labute approximate surface area is 468 Å². The number of rotatable bonds is 7. The molecule has 0 aliphatic carbocycles. The molecule has 6 aliphatic rings. The summed E-state index contributed by atoms with van der Waals surface area (Å²) in [6.07, 6.45) is 4.25. The van der Waals surface area contributed by atoms with Crippen molar-refractivity contribution in [1.82, 2.24) is 0 Å². The highest BCUT2D eigenvalue weighted by Crippen LogP contribution is 2.54. The number of hydrogen-bond donors (Lipinski definition) is 0. The van der Waals surface area contributed by atoms with Gasteiger partial charge in [0.25, 0.3) is 13.4 Å². The highest BCUT2D eigenvalue weighted by atomic mass is 16.5. The molecule has 0 amide bonds. The van der Waals surface area contributed by atoms with Crippen LogP contribution in [0.5, 0.6) is 11.5 Å². The Bertz CT molecular complexity index is 4220. The molecule has 0 saturated carbocycles.